The summed E-state index contributed by atoms with van der Waals surface area (Å²) in [5, 5.41) is 10.3. The predicted molar refractivity (Wildman–Crippen MR) is 79.6 cm³/mol. The Kier molecular flexibility index (Phi) is 4.78. The minimum Gasteiger partial charge on any atom is -0.484 e. The maximum atomic E-state index is 11.8. The number of rotatable bonds is 5. The molecular weight excluding hydrogens is 266 g/mol. The van der Waals surface area contributed by atoms with Crippen LogP contribution in [-0.4, -0.2) is 19.6 Å². The number of para-hydroxylation sites is 1. The minimum atomic E-state index is -0.259. The number of benzene rings is 2. The van der Waals surface area contributed by atoms with Crippen molar-refractivity contribution in [2.24, 2.45) is 0 Å². The van der Waals surface area contributed by atoms with Gasteiger partial charge in [-0.25, -0.2) is 0 Å². The number of carbonyl (C=O) groups is 1. The van der Waals surface area contributed by atoms with Gasteiger partial charge in [0.25, 0.3) is 5.91 Å². The van der Waals surface area contributed by atoms with Gasteiger partial charge in [0.2, 0.25) is 0 Å². The number of hydrogen-bond acceptors (Lipinski definition) is 4. The van der Waals surface area contributed by atoms with Crippen molar-refractivity contribution in [3.63, 3.8) is 0 Å². The molecule has 0 radical (unpaired) electrons. The average molecular weight is 281 g/mol. The molecule has 0 atom stereocenters. The van der Waals surface area contributed by atoms with Gasteiger partial charge in [0.1, 0.15) is 5.75 Å². The quantitative estimate of drug-likeness (QED) is 0.852. The summed E-state index contributed by atoms with van der Waals surface area (Å²) in [4.78, 5) is 11.8. The molecule has 1 amide bonds. The van der Waals surface area contributed by atoms with Crippen molar-refractivity contribution in [1.29, 1.82) is 5.26 Å². The van der Waals surface area contributed by atoms with Crippen LogP contribution in [0.25, 0.3) is 0 Å². The van der Waals surface area contributed by atoms with Crippen molar-refractivity contribution in [3.05, 3.63) is 60.2 Å². The Hall–Kier alpha value is -3.00. The summed E-state index contributed by atoms with van der Waals surface area (Å²) in [5.74, 6) is 0.289. The molecule has 2 aromatic rings. The van der Waals surface area contributed by atoms with Crippen molar-refractivity contribution in [2.75, 3.05) is 18.7 Å². The molecule has 0 heterocycles. The first-order chi connectivity index (χ1) is 10.2. The lowest BCUT2D eigenvalue weighted by Gasteiger charge is -2.20. The molecule has 0 bridgehead atoms. The number of carbonyl (C=O) groups excluding carboxylic acids is 1. The first kappa shape index (κ1) is 14.4. The van der Waals surface area contributed by atoms with Gasteiger partial charge in [-0.1, -0.05) is 18.2 Å². The van der Waals surface area contributed by atoms with Crippen LogP contribution in [0.3, 0.4) is 0 Å². The molecule has 1 N–H and O–H groups in total. The second kappa shape index (κ2) is 6.96. The highest BCUT2D eigenvalue weighted by atomic mass is 16.5. The maximum Gasteiger partial charge on any atom is 0.276 e. The van der Waals surface area contributed by atoms with E-state index in [9.17, 15) is 4.79 Å². The molecule has 0 aliphatic heterocycles. The van der Waals surface area contributed by atoms with Gasteiger partial charge in [0, 0.05) is 7.05 Å². The lowest BCUT2D eigenvalue weighted by atomic mass is 10.2. The number of nitrogens with one attached hydrogen (secondary N) is 1. The second-order valence-corrected chi connectivity index (χ2v) is 4.35. The summed E-state index contributed by atoms with van der Waals surface area (Å²) in [6, 6.07) is 18.1. The number of amides is 1. The van der Waals surface area contributed by atoms with Crippen LogP contribution in [-0.2, 0) is 4.79 Å². The van der Waals surface area contributed by atoms with E-state index < -0.39 is 0 Å². The smallest absolute Gasteiger partial charge is 0.276 e. The van der Waals surface area contributed by atoms with Gasteiger partial charge in [-0.3, -0.25) is 15.2 Å². The molecule has 0 saturated carbocycles. The number of hydrogen-bond donors (Lipinski definition) is 1. The van der Waals surface area contributed by atoms with Crippen LogP contribution in [0.5, 0.6) is 5.75 Å². The fourth-order valence-electron chi connectivity index (χ4n) is 1.71. The van der Waals surface area contributed by atoms with Crippen molar-refractivity contribution < 1.29 is 9.53 Å². The van der Waals surface area contributed by atoms with Gasteiger partial charge in [-0.15, -0.1) is 0 Å². The molecule has 5 heteroatoms. The van der Waals surface area contributed by atoms with Gasteiger partial charge < -0.3 is 4.74 Å². The summed E-state index contributed by atoms with van der Waals surface area (Å²) >= 11 is 0. The highest BCUT2D eigenvalue weighted by Crippen LogP contribution is 2.11. The summed E-state index contributed by atoms with van der Waals surface area (Å²) in [7, 11) is 1.76. The molecule has 0 aliphatic rings. The van der Waals surface area contributed by atoms with Crippen LogP contribution < -0.4 is 15.2 Å². The lowest BCUT2D eigenvalue weighted by Crippen LogP contribution is -2.41. The van der Waals surface area contributed by atoms with Crippen molar-refractivity contribution in [1.82, 2.24) is 5.43 Å². The van der Waals surface area contributed by atoms with Crippen LogP contribution in [0.1, 0.15) is 5.56 Å². The van der Waals surface area contributed by atoms with Gasteiger partial charge >= 0.3 is 0 Å². The Labute approximate surface area is 123 Å². The molecule has 106 valence electrons. The van der Waals surface area contributed by atoms with Crippen LogP contribution in [0.2, 0.25) is 0 Å². The van der Waals surface area contributed by atoms with E-state index in [0.29, 0.717) is 11.3 Å². The van der Waals surface area contributed by atoms with E-state index in [-0.39, 0.29) is 12.5 Å². The monoisotopic (exact) mass is 281 g/mol. The molecule has 0 saturated heterocycles. The van der Waals surface area contributed by atoms with E-state index in [1.54, 1.807) is 36.3 Å². The number of hydrazine groups is 1. The van der Waals surface area contributed by atoms with Gasteiger partial charge in [0.05, 0.1) is 17.3 Å². The van der Waals surface area contributed by atoms with Crippen LogP contribution in [0, 0.1) is 11.3 Å². The number of anilines is 1. The van der Waals surface area contributed by atoms with Crippen molar-refractivity contribution >= 4 is 11.6 Å². The van der Waals surface area contributed by atoms with E-state index in [2.05, 4.69) is 5.43 Å². The Bertz CT molecular complexity index is 633. The first-order valence-electron chi connectivity index (χ1n) is 6.40. The lowest BCUT2D eigenvalue weighted by molar-refractivity contribution is -0.123. The normalized spacial score (nSPS) is 9.52. The van der Waals surface area contributed by atoms with E-state index in [0.717, 1.165) is 5.69 Å². The zero-order valence-electron chi connectivity index (χ0n) is 11.6. The largest absolute Gasteiger partial charge is 0.484 e. The van der Waals surface area contributed by atoms with E-state index in [1.165, 1.54) is 0 Å². The minimum absolute atomic E-state index is 0.0942. The van der Waals surface area contributed by atoms with Crippen LogP contribution in [0.15, 0.2) is 54.6 Å². The third-order valence-electron chi connectivity index (χ3n) is 2.79. The average Bonchev–Trinajstić information content (AvgIpc) is 2.54. The predicted octanol–water partition coefficient (Wildman–Crippen LogP) is 2.10. The molecule has 0 unspecified atom stereocenters. The highest BCUT2D eigenvalue weighted by Gasteiger charge is 2.06. The topological polar surface area (TPSA) is 65.4 Å². The molecule has 21 heavy (non-hydrogen) atoms. The summed E-state index contributed by atoms with van der Waals surface area (Å²) in [6.45, 7) is -0.0942. The third-order valence-corrected chi connectivity index (χ3v) is 2.79. The number of nitrogens with zero attached hydrogens (tertiary/aromatic N) is 2. The van der Waals surface area contributed by atoms with Crippen LogP contribution in [0.4, 0.5) is 5.69 Å². The number of nitriles is 1. The fraction of sp³-hybridized carbons (Fsp3) is 0.125. The van der Waals surface area contributed by atoms with Crippen LogP contribution >= 0.6 is 0 Å². The van der Waals surface area contributed by atoms with E-state index in [1.807, 2.05) is 36.4 Å². The Morgan fingerprint density at radius 2 is 1.86 bits per heavy atom. The standard InChI is InChI=1S/C16H15N3O2/c1-19(14-5-3-2-4-6-14)18-16(20)12-21-15-9-7-13(11-17)8-10-15/h2-10H,12H2,1H3,(H,18,20). The van der Waals surface area contributed by atoms with Crippen molar-refractivity contribution in [3.8, 4) is 11.8 Å². The second-order valence-electron chi connectivity index (χ2n) is 4.35. The zero-order chi connectivity index (χ0) is 15.1. The van der Waals surface area contributed by atoms with Gasteiger partial charge in [-0.2, -0.15) is 5.26 Å². The molecular formula is C16H15N3O2. The zero-order valence-corrected chi connectivity index (χ0v) is 11.6. The molecule has 5 nitrogen and oxygen atoms in total. The first-order valence-corrected chi connectivity index (χ1v) is 6.40. The molecule has 0 aliphatic carbocycles. The molecule has 0 spiro atoms. The summed E-state index contributed by atoms with van der Waals surface area (Å²) < 4.78 is 5.36. The highest BCUT2D eigenvalue weighted by molar-refractivity contribution is 5.79. The molecule has 0 aromatic heterocycles. The van der Waals surface area contributed by atoms with E-state index >= 15 is 0 Å². The third kappa shape index (κ3) is 4.25. The molecule has 2 aromatic carbocycles. The Balaban J connectivity index is 1.83. The molecule has 2 rings (SSSR count). The SMILES string of the molecule is CN(NC(=O)COc1ccc(C#N)cc1)c1ccccc1. The van der Waals surface area contributed by atoms with Gasteiger partial charge in [-0.05, 0) is 36.4 Å². The Morgan fingerprint density at radius 3 is 2.48 bits per heavy atom. The van der Waals surface area contributed by atoms with Gasteiger partial charge in [0.15, 0.2) is 6.61 Å². The van der Waals surface area contributed by atoms with Crippen molar-refractivity contribution in [2.45, 2.75) is 0 Å². The Morgan fingerprint density at radius 1 is 1.19 bits per heavy atom. The number of ether oxygens (including phenoxy) is 1. The van der Waals surface area contributed by atoms with E-state index in [4.69, 9.17) is 10.00 Å². The summed E-state index contributed by atoms with van der Waals surface area (Å²) in [5.41, 5.74) is 4.14. The fourth-order valence-corrected chi connectivity index (χ4v) is 1.71. The maximum absolute atomic E-state index is 11.8. The molecule has 0 fully saturated rings. The summed E-state index contributed by atoms with van der Waals surface area (Å²) in [6.07, 6.45) is 0.